The summed E-state index contributed by atoms with van der Waals surface area (Å²) in [5.74, 6) is 4.27. The van der Waals surface area contributed by atoms with Gasteiger partial charge in [-0.1, -0.05) is 45.6 Å². The first-order valence-corrected chi connectivity index (χ1v) is 11.5. The third-order valence-corrected chi connectivity index (χ3v) is 8.09. The Morgan fingerprint density at radius 1 is 0.923 bits per heavy atom. The van der Waals surface area contributed by atoms with Gasteiger partial charge < -0.3 is 0 Å². The Morgan fingerprint density at radius 2 is 1.73 bits per heavy atom. The SMILES string of the molecule is CCCC1CCc2cc(C3CCC4CC(CC)CCC4C3)cc(F)c2C1. The van der Waals surface area contributed by atoms with Crippen LogP contribution in [0.15, 0.2) is 12.1 Å². The number of rotatable bonds is 4. The van der Waals surface area contributed by atoms with Crippen LogP contribution in [0.4, 0.5) is 4.39 Å². The van der Waals surface area contributed by atoms with Crippen LogP contribution in [0.25, 0.3) is 0 Å². The molecular formula is C25H37F. The van der Waals surface area contributed by atoms with Gasteiger partial charge in [0.15, 0.2) is 0 Å². The summed E-state index contributed by atoms with van der Waals surface area (Å²) in [5, 5.41) is 0. The van der Waals surface area contributed by atoms with E-state index < -0.39 is 0 Å². The molecule has 0 radical (unpaired) electrons. The number of hydrogen-bond donors (Lipinski definition) is 0. The molecule has 0 amide bonds. The number of halogens is 1. The van der Waals surface area contributed by atoms with Crippen LogP contribution in [0.2, 0.25) is 0 Å². The average Bonchev–Trinajstić information content (AvgIpc) is 2.67. The Morgan fingerprint density at radius 3 is 2.54 bits per heavy atom. The highest BCUT2D eigenvalue weighted by atomic mass is 19.1. The summed E-state index contributed by atoms with van der Waals surface area (Å²) in [4.78, 5) is 0. The van der Waals surface area contributed by atoms with Crippen molar-refractivity contribution in [2.24, 2.45) is 23.7 Å². The van der Waals surface area contributed by atoms with Crippen LogP contribution in [0.5, 0.6) is 0 Å². The summed E-state index contributed by atoms with van der Waals surface area (Å²) >= 11 is 0. The Kier molecular flexibility index (Phi) is 5.72. The standard InChI is InChI=1S/C25H37F/c1-3-5-18-7-9-22-15-23(16-25(26)24(22)13-18)21-11-10-19-12-17(4-2)6-8-20(19)14-21/h15-21H,3-14H2,1-2H3. The zero-order chi connectivity index (χ0) is 18.1. The van der Waals surface area contributed by atoms with E-state index in [1.165, 1.54) is 75.3 Å². The summed E-state index contributed by atoms with van der Waals surface area (Å²) in [7, 11) is 0. The molecule has 0 aliphatic heterocycles. The third-order valence-electron chi connectivity index (χ3n) is 8.09. The second kappa shape index (κ2) is 8.03. The van der Waals surface area contributed by atoms with Crippen LogP contribution in [0.3, 0.4) is 0 Å². The zero-order valence-electron chi connectivity index (χ0n) is 16.9. The van der Waals surface area contributed by atoms with Crippen molar-refractivity contribution in [3.8, 4) is 0 Å². The Balaban J connectivity index is 1.47. The van der Waals surface area contributed by atoms with Gasteiger partial charge in [-0.05, 0) is 104 Å². The lowest BCUT2D eigenvalue weighted by molar-refractivity contribution is 0.116. The third kappa shape index (κ3) is 3.73. The van der Waals surface area contributed by atoms with E-state index in [4.69, 9.17) is 0 Å². The summed E-state index contributed by atoms with van der Waals surface area (Å²) in [6.45, 7) is 4.61. The van der Waals surface area contributed by atoms with Gasteiger partial charge in [-0.2, -0.15) is 0 Å². The number of aryl methyl sites for hydroxylation is 1. The Hall–Kier alpha value is -0.850. The normalized spacial score (nSPS) is 34.2. The van der Waals surface area contributed by atoms with Gasteiger partial charge in [-0.25, -0.2) is 4.39 Å². The van der Waals surface area contributed by atoms with Crippen molar-refractivity contribution in [1.29, 1.82) is 0 Å². The lowest BCUT2D eigenvalue weighted by atomic mass is 9.63. The maximum atomic E-state index is 14.9. The van der Waals surface area contributed by atoms with Gasteiger partial charge in [-0.3, -0.25) is 0 Å². The van der Waals surface area contributed by atoms with Gasteiger partial charge in [-0.15, -0.1) is 0 Å². The topological polar surface area (TPSA) is 0 Å². The van der Waals surface area contributed by atoms with Gasteiger partial charge in [0.25, 0.3) is 0 Å². The number of fused-ring (bicyclic) bond motifs is 2. The summed E-state index contributed by atoms with van der Waals surface area (Å²) in [6.07, 6.45) is 15.5. The van der Waals surface area contributed by atoms with Gasteiger partial charge in [0.2, 0.25) is 0 Å². The molecule has 5 atom stereocenters. The van der Waals surface area contributed by atoms with Crippen molar-refractivity contribution in [3.63, 3.8) is 0 Å². The molecule has 0 nitrogen and oxygen atoms in total. The predicted molar refractivity (Wildman–Crippen MR) is 108 cm³/mol. The highest BCUT2D eigenvalue weighted by molar-refractivity contribution is 5.37. The Labute approximate surface area is 160 Å². The summed E-state index contributed by atoms with van der Waals surface area (Å²) in [6, 6.07) is 4.33. The molecule has 0 saturated heterocycles. The van der Waals surface area contributed by atoms with Crippen molar-refractivity contribution in [3.05, 3.63) is 34.6 Å². The first-order chi connectivity index (χ1) is 12.7. The fraction of sp³-hybridized carbons (Fsp3) is 0.760. The van der Waals surface area contributed by atoms with E-state index in [0.717, 1.165) is 36.2 Å². The summed E-state index contributed by atoms with van der Waals surface area (Å²) in [5.41, 5.74) is 3.71. The molecule has 5 unspecified atom stereocenters. The maximum absolute atomic E-state index is 14.9. The van der Waals surface area contributed by atoms with Crippen molar-refractivity contribution < 1.29 is 4.39 Å². The molecule has 3 aliphatic carbocycles. The van der Waals surface area contributed by atoms with Crippen molar-refractivity contribution >= 4 is 0 Å². The van der Waals surface area contributed by atoms with Gasteiger partial charge >= 0.3 is 0 Å². The average molecular weight is 357 g/mol. The molecule has 1 heteroatoms. The highest BCUT2D eigenvalue weighted by Crippen LogP contribution is 2.48. The van der Waals surface area contributed by atoms with E-state index in [9.17, 15) is 4.39 Å². The van der Waals surface area contributed by atoms with Gasteiger partial charge in [0.05, 0.1) is 0 Å². The van der Waals surface area contributed by atoms with Gasteiger partial charge in [0, 0.05) is 0 Å². The molecule has 2 fully saturated rings. The lowest BCUT2D eigenvalue weighted by Gasteiger charge is -2.42. The minimum absolute atomic E-state index is 0.107. The second-order valence-corrected chi connectivity index (χ2v) is 9.66. The molecule has 0 bridgehead atoms. The van der Waals surface area contributed by atoms with E-state index in [1.807, 2.05) is 6.07 Å². The van der Waals surface area contributed by atoms with Crippen molar-refractivity contribution in [2.45, 2.75) is 96.8 Å². The van der Waals surface area contributed by atoms with Crippen LogP contribution >= 0.6 is 0 Å². The fourth-order valence-corrected chi connectivity index (χ4v) is 6.47. The van der Waals surface area contributed by atoms with Crippen molar-refractivity contribution in [1.82, 2.24) is 0 Å². The molecule has 0 aromatic heterocycles. The Bertz CT molecular complexity index is 619. The molecule has 26 heavy (non-hydrogen) atoms. The fourth-order valence-electron chi connectivity index (χ4n) is 6.47. The largest absolute Gasteiger partial charge is 0.207 e. The first-order valence-electron chi connectivity index (χ1n) is 11.5. The van der Waals surface area contributed by atoms with E-state index in [2.05, 4.69) is 19.9 Å². The molecule has 144 valence electrons. The second-order valence-electron chi connectivity index (χ2n) is 9.66. The first kappa shape index (κ1) is 18.5. The van der Waals surface area contributed by atoms with E-state index in [1.54, 1.807) is 0 Å². The predicted octanol–water partition coefficient (Wildman–Crippen LogP) is 7.44. The van der Waals surface area contributed by atoms with E-state index >= 15 is 0 Å². The maximum Gasteiger partial charge on any atom is 0.126 e. The molecule has 0 spiro atoms. The molecule has 0 heterocycles. The number of benzene rings is 1. The lowest BCUT2D eigenvalue weighted by Crippen LogP contribution is -2.30. The van der Waals surface area contributed by atoms with Crippen LogP contribution in [0.1, 0.15) is 101 Å². The molecule has 2 saturated carbocycles. The number of hydrogen-bond acceptors (Lipinski definition) is 0. The summed E-state index contributed by atoms with van der Waals surface area (Å²) < 4.78 is 14.9. The minimum atomic E-state index is 0.107. The molecule has 3 aliphatic rings. The van der Waals surface area contributed by atoms with E-state index in [0.29, 0.717) is 11.8 Å². The molecule has 0 N–H and O–H groups in total. The van der Waals surface area contributed by atoms with Crippen LogP contribution < -0.4 is 0 Å². The highest BCUT2D eigenvalue weighted by Gasteiger charge is 2.36. The monoisotopic (exact) mass is 356 g/mol. The van der Waals surface area contributed by atoms with Crippen molar-refractivity contribution in [2.75, 3.05) is 0 Å². The zero-order valence-corrected chi connectivity index (χ0v) is 16.9. The van der Waals surface area contributed by atoms with Crippen LogP contribution in [-0.2, 0) is 12.8 Å². The smallest absolute Gasteiger partial charge is 0.126 e. The minimum Gasteiger partial charge on any atom is -0.207 e. The quantitative estimate of drug-likeness (QED) is 0.526. The molecule has 4 rings (SSSR count). The van der Waals surface area contributed by atoms with E-state index in [-0.39, 0.29) is 5.82 Å². The van der Waals surface area contributed by atoms with Crippen LogP contribution in [-0.4, -0.2) is 0 Å². The van der Waals surface area contributed by atoms with Gasteiger partial charge in [0.1, 0.15) is 5.82 Å². The molecule has 1 aromatic carbocycles. The van der Waals surface area contributed by atoms with Crippen LogP contribution in [0, 0.1) is 29.5 Å². The molecule has 1 aromatic rings. The molecular weight excluding hydrogens is 319 g/mol.